The smallest absolute Gasteiger partial charge is 0 e. The molecule has 0 amide bonds. The van der Waals surface area contributed by atoms with Crippen LogP contribution in [0.4, 0.5) is 0 Å². The molecule has 0 saturated carbocycles. The third-order valence-electron chi connectivity index (χ3n) is 21.8. The molecule has 0 fully saturated rings. The van der Waals surface area contributed by atoms with Crippen molar-refractivity contribution in [1.82, 2.24) is 0 Å². The Bertz CT molecular complexity index is 6130. The van der Waals surface area contributed by atoms with Gasteiger partial charge in [-0.2, -0.15) is 42.0 Å². The molecule has 0 nitrogen and oxygen atoms in total. The van der Waals surface area contributed by atoms with Crippen molar-refractivity contribution in [3.63, 3.8) is 0 Å². The van der Waals surface area contributed by atoms with Crippen LogP contribution in [0.5, 0.6) is 0 Å². The molecule has 0 bridgehead atoms. The van der Waals surface area contributed by atoms with Crippen molar-refractivity contribution in [2.45, 2.75) is 38.5 Å². The largest absolute Gasteiger partial charge is 0.209 e. The van der Waals surface area contributed by atoms with Crippen LogP contribution in [0.2, 0.25) is 0 Å². The van der Waals surface area contributed by atoms with E-state index in [-0.39, 0.29) is 32.7 Å². The molecule has 18 aromatic rings. The summed E-state index contributed by atoms with van der Waals surface area (Å²) in [4.78, 5) is 0. The predicted octanol–water partition coefficient (Wildman–Crippen LogP) is 26.1. The zero-order chi connectivity index (χ0) is 67.5. The van der Waals surface area contributed by atoms with Gasteiger partial charge >= 0.3 is 0 Å². The van der Waals surface area contributed by atoms with Crippen LogP contribution < -0.4 is 0 Å². The molecular weight excluding hydrogens is 1310 g/mol. The molecule has 0 unspecified atom stereocenters. The van der Waals surface area contributed by atoms with Crippen LogP contribution in [0.3, 0.4) is 0 Å². The summed E-state index contributed by atoms with van der Waals surface area (Å²) in [6, 6.07) is 133. The molecule has 1 radical (unpaired) electrons. The minimum absolute atomic E-state index is 0. The van der Waals surface area contributed by atoms with E-state index in [0.717, 1.165) is 49.7 Å². The Morgan fingerprint density at radius 3 is 1.09 bits per heavy atom. The first kappa shape index (κ1) is 63.8. The van der Waals surface area contributed by atoms with E-state index in [9.17, 15) is 0 Å². The van der Waals surface area contributed by atoms with E-state index in [1.165, 1.54) is 187 Å². The zero-order valence-corrected chi connectivity index (χ0v) is 60.1. The van der Waals surface area contributed by atoms with Gasteiger partial charge in [-0.15, -0.1) is 23.3 Å². The van der Waals surface area contributed by atoms with E-state index in [1.807, 2.05) is 18.2 Å². The standard InChI is InChI=1S/C21H14.C19H12.2C17H12.C15H10.C13H10.Y/c1-3-7-18-14(5-1)9-11-16-13-17-12-10-15-6-2-4-8-19(15)21(17)20(16)18;1-2-6-14(7-3-1)15-10-11-17-12-16-8-4-5-9-18(16)19(17)13-15;1-3-7-15-12(5-1)9-10-14-11-13-6-2-4-8-16(13)17(14)15;1-2-6-13-11-17-15(9-12(13)5-1)10-14-7-3-4-8-16(14)17;1-3-10-7-8-11-4-2-6-13-9-12(5-1)14(10)15(11)13;1-3-7-12-10(5-1)9-11-6-2-4-8-13(11)12;/h1-12H,13H2;1-6,8-11H,12H2;1-10H,11H2;1-9,11H,10H2;1-8H,9H2;1-8H,9H2;/q;-2;;;;;. The summed E-state index contributed by atoms with van der Waals surface area (Å²) in [6.07, 6.45) is 6.45. The van der Waals surface area contributed by atoms with Crippen LogP contribution in [0.15, 0.2) is 352 Å². The van der Waals surface area contributed by atoms with Gasteiger partial charge in [-0.25, -0.2) is 5.56 Å². The van der Waals surface area contributed by atoms with Crippen molar-refractivity contribution < 1.29 is 32.7 Å². The second-order valence-electron chi connectivity index (χ2n) is 27.8. The van der Waals surface area contributed by atoms with Gasteiger partial charge in [-0.3, -0.25) is 0 Å². The molecule has 24 rings (SSSR count). The molecule has 18 aromatic carbocycles. The van der Waals surface area contributed by atoms with Gasteiger partial charge < -0.3 is 0 Å². The van der Waals surface area contributed by atoms with E-state index in [2.05, 4.69) is 346 Å². The predicted molar refractivity (Wildman–Crippen MR) is 431 cm³/mol. The first-order valence-electron chi connectivity index (χ1n) is 36.0. The van der Waals surface area contributed by atoms with E-state index < -0.39 is 0 Å². The fourth-order valence-electron chi connectivity index (χ4n) is 17.1. The molecule has 103 heavy (non-hydrogen) atoms. The van der Waals surface area contributed by atoms with Crippen molar-refractivity contribution in [1.29, 1.82) is 0 Å². The van der Waals surface area contributed by atoms with E-state index in [0.29, 0.717) is 0 Å². The summed E-state index contributed by atoms with van der Waals surface area (Å²) in [5, 5.41) is 16.5. The normalized spacial score (nSPS) is 12.3. The zero-order valence-electron chi connectivity index (χ0n) is 57.3. The maximum Gasteiger partial charge on any atom is 0 e. The Morgan fingerprint density at radius 1 is 0.194 bits per heavy atom. The van der Waals surface area contributed by atoms with Crippen LogP contribution in [-0.4, -0.2) is 0 Å². The van der Waals surface area contributed by atoms with Gasteiger partial charge in [0.2, 0.25) is 0 Å². The number of benzene rings is 18. The molecule has 0 spiro atoms. The number of hydrogen-bond acceptors (Lipinski definition) is 0. The Labute approximate surface area is 628 Å². The summed E-state index contributed by atoms with van der Waals surface area (Å²) < 4.78 is 0. The van der Waals surface area contributed by atoms with Gasteiger partial charge in [-0.1, -0.05) is 321 Å². The number of hydrogen-bond donors (Lipinski definition) is 0. The molecule has 0 aliphatic heterocycles. The Morgan fingerprint density at radius 2 is 0.544 bits per heavy atom. The average Bonchev–Trinajstić information content (AvgIpc) is 1.71. The Kier molecular flexibility index (Phi) is 17.0. The van der Waals surface area contributed by atoms with Gasteiger partial charge in [0.15, 0.2) is 0 Å². The minimum atomic E-state index is 0. The molecule has 1 heteroatoms. The van der Waals surface area contributed by atoms with E-state index >= 15 is 0 Å². The van der Waals surface area contributed by atoms with Crippen LogP contribution in [0.1, 0.15) is 66.8 Å². The quantitative estimate of drug-likeness (QED) is 0.114. The van der Waals surface area contributed by atoms with E-state index in [4.69, 9.17) is 0 Å². The topological polar surface area (TPSA) is 0 Å². The molecule has 483 valence electrons. The average molecular weight is 1380 g/mol. The molecule has 6 aliphatic rings. The number of fused-ring (bicyclic) bond motifs is 22. The molecule has 0 saturated heterocycles. The van der Waals surface area contributed by atoms with Crippen LogP contribution in [0, 0.1) is 12.1 Å². The third-order valence-corrected chi connectivity index (χ3v) is 21.8. The van der Waals surface area contributed by atoms with Gasteiger partial charge in [0.05, 0.1) is 0 Å². The summed E-state index contributed by atoms with van der Waals surface area (Å²) >= 11 is 0. The first-order valence-corrected chi connectivity index (χ1v) is 36.0. The fraction of sp³-hybridized carbons (Fsp3) is 0.0588. The monoisotopic (exact) mass is 1380 g/mol. The molecule has 0 heterocycles. The van der Waals surface area contributed by atoms with Crippen LogP contribution in [-0.2, 0) is 71.2 Å². The molecule has 0 atom stereocenters. The van der Waals surface area contributed by atoms with Gasteiger partial charge in [0.1, 0.15) is 0 Å². The summed E-state index contributed by atoms with van der Waals surface area (Å²) in [5.74, 6) is 0. The molecule has 0 N–H and O–H groups in total. The maximum atomic E-state index is 3.57. The first-order chi connectivity index (χ1) is 50.6. The summed E-state index contributed by atoms with van der Waals surface area (Å²) in [7, 11) is 0. The van der Waals surface area contributed by atoms with Crippen molar-refractivity contribution in [3.8, 4) is 66.8 Å². The second-order valence-corrected chi connectivity index (χ2v) is 27.8. The van der Waals surface area contributed by atoms with Crippen LogP contribution >= 0.6 is 0 Å². The van der Waals surface area contributed by atoms with Crippen molar-refractivity contribution in [2.24, 2.45) is 0 Å². The van der Waals surface area contributed by atoms with Crippen molar-refractivity contribution in [2.75, 3.05) is 0 Å². The maximum absolute atomic E-state index is 3.57. The van der Waals surface area contributed by atoms with Gasteiger partial charge in [0, 0.05) is 32.7 Å². The Balaban J connectivity index is 0.0000000886. The van der Waals surface area contributed by atoms with Crippen molar-refractivity contribution in [3.05, 3.63) is 431 Å². The van der Waals surface area contributed by atoms with Crippen molar-refractivity contribution >= 4 is 64.6 Å². The third kappa shape index (κ3) is 11.9. The molecule has 0 aromatic heterocycles. The minimum Gasteiger partial charge on any atom is -0.209 e. The number of rotatable bonds is 1. The second kappa shape index (κ2) is 27.5. The summed E-state index contributed by atoms with van der Waals surface area (Å²) in [6.45, 7) is 0. The SMILES string of the molecule is [Y].[c-]1ccccc1-c1[c-]c2c(cc1)Cc1ccccc1-2.c1cc2c3c(c1)ccc1cccc(c13)C2.c1ccc2c(c1)Cc1cc3ccccc3cc1-2.c1ccc2c(c1)Cc1ccc3ccccc3c1-2.c1ccc2c(c1)Cc1ccccc1-2.c1ccc2c3c(ccc2c1)Cc1ccc2ccccc2c1-3. The van der Waals surface area contributed by atoms with E-state index in [1.54, 1.807) is 0 Å². The van der Waals surface area contributed by atoms with Gasteiger partial charge in [-0.05, 0) is 209 Å². The fourth-order valence-corrected chi connectivity index (χ4v) is 17.1. The van der Waals surface area contributed by atoms with Crippen LogP contribution in [0.25, 0.3) is 131 Å². The molecule has 6 aliphatic carbocycles. The molecular formula is C102H70Y-2. The summed E-state index contributed by atoms with van der Waals surface area (Å²) in [5.41, 5.74) is 33.6. The van der Waals surface area contributed by atoms with Gasteiger partial charge in [0.25, 0.3) is 0 Å². The Hall–Kier alpha value is -11.4.